The molecule has 2 heterocycles. The van der Waals surface area contributed by atoms with Crippen LogP contribution in [0.5, 0.6) is 0 Å². The lowest BCUT2D eigenvalue weighted by Crippen LogP contribution is -2.35. The number of carbonyl (C=O) groups excluding carboxylic acids is 1. The average molecular weight is 269 g/mol. The van der Waals surface area contributed by atoms with Gasteiger partial charge in [-0.25, -0.2) is 4.98 Å². The van der Waals surface area contributed by atoms with Crippen LogP contribution in [0.3, 0.4) is 0 Å². The molecule has 4 nitrogen and oxygen atoms in total. The second-order valence-electron chi connectivity index (χ2n) is 4.50. The fourth-order valence-corrected chi connectivity index (χ4v) is 2.63. The largest absolute Gasteiger partial charge is 0.396 e. The number of rotatable bonds is 4. The van der Waals surface area contributed by atoms with Crippen molar-refractivity contribution in [2.45, 2.75) is 31.7 Å². The van der Waals surface area contributed by atoms with Crippen molar-refractivity contribution in [3.8, 4) is 0 Å². The van der Waals surface area contributed by atoms with Crippen LogP contribution in [0.2, 0.25) is 5.15 Å². The fourth-order valence-electron chi connectivity index (χ4n) is 2.43. The highest BCUT2D eigenvalue weighted by atomic mass is 35.5. The van der Waals surface area contributed by atoms with Gasteiger partial charge in [0.05, 0.1) is 5.56 Å². The van der Waals surface area contributed by atoms with E-state index in [0.29, 0.717) is 5.56 Å². The van der Waals surface area contributed by atoms with Crippen LogP contribution >= 0.6 is 11.6 Å². The Kier molecular flexibility index (Phi) is 4.55. The maximum absolute atomic E-state index is 12.4. The quantitative estimate of drug-likeness (QED) is 0.851. The first-order valence-electron chi connectivity index (χ1n) is 6.26. The summed E-state index contributed by atoms with van der Waals surface area (Å²) in [5.41, 5.74) is 0.468. The Hall–Kier alpha value is -1.13. The molecule has 18 heavy (non-hydrogen) atoms. The lowest BCUT2D eigenvalue weighted by Gasteiger charge is -2.24. The minimum absolute atomic E-state index is 0.0476. The number of likely N-dealkylation sites (tertiary alicyclic amines) is 1. The predicted molar refractivity (Wildman–Crippen MR) is 69.6 cm³/mol. The lowest BCUT2D eigenvalue weighted by molar-refractivity contribution is 0.0724. The molecule has 1 aromatic heterocycles. The smallest absolute Gasteiger partial charge is 0.257 e. The van der Waals surface area contributed by atoms with Gasteiger partial charge in [0.2, 0.25) is 0 Å². The van der Waals surface area contributed by atoms with Crippen molar-refractivity contribution in [2.75, 3.05) is 13.2 Å². The molecule has 1 fully saturated rings. The van der Waals surface area contributed by atoms with Gasteiger partial charge in [0.1, 0.15) is 5.15 Å². The van der Waals surface area contributed by atoms with Gasteiger partial charge in [-0.2, -0.15) is 0 Å². The summed E-state index contributed by atoms with van der Waals surface area (Å²) < 4.78 is 0. The Morgan fingerprint density at radius 2 is 2.44 bits per heavy atom. The Morgan fingerprint density at radius 1 is 1.61 bits per heavy atom. The number of halogens is 1. The fraction of sp³-hybridized carbons (Fsp3) is 0.538. The van der Waals surface area contributed by atoms with E-state index in [9.17, 15) is 4.79 Å². The number of carbonyl (C=O) groups is 1. The molecule has 2 rings (SSSR count). The lowest BCUT2D eigenvalue weighted by atomic mass is 10.1. The van der Waals surface area contributed by atoms with E-state index in [1.54, 1.807) is 18.3 Å². The van der Waals surface area contributed by atoms with Gasteiger partial charge >= 0.3 is 0 Å². The zero-order valence-electron chi connectivity index (χ0n) is 10.2. The molecule has 0 aliphatic carbocycles. The third-order valence-corrected chi connectivity index (χ3v) is 3.62. The molecule has 0 saturated carbocycles. The second kappa shape index (κ2) is 6.16. The number of aliphatic hydroxyl groups is 1. The minimum atomic E-state index is -0.0476. The van der Waals surface area contributed by atoms with E-state index in [4.69, 9.17) is 16.7 Å². The van der Waals surface area contributed by atoms with Crippen LogP contribution in [-0.4, -0.2) is 40.1 Å². The Morgan fingerprint density at radius 3 is 3.17 bits per heavy atom. The molecular weight excluding hydrogens is 252 g/mol. The van der Waals surface area contributed by atoms with Gasteiger partial charge in [-0.1, -0.05) is 11.6 Å². The molecule has 5 heteroatoms. The summed E-state index contributed by atoms with van der Waals surface area (Å²) in [7, 11) is 0. The highest BCUT2D eigenvalue weighted by Gasteiger charge is 2.29. The molecule has 0 radical (unpaired) electrons. The van der Waals surface area contributed by atoms with Gasteiger partial charge in [-0.3, -0.25) is 4.79 Å². The van der Waals surface area contributed by atoms with Gasteiger partial charge < -0.3 is 10.0 Å². The van der Waals surface area contributed by atoms with Crippen LogP contribution in [-0.2, 0) is 0 Å². The van der Waals surface area contributed by atoms with Gasteiger partial charge in [0.15, 0.2) is 0 Å². The highest BCUT2D eigenvalue weighted by Crippen LogP contribution is 2.25. The molecule has 0 aromatic carbocycles. The predicted octanol–water partition coefficient (Wildman–Crippen LogP) is 2.11. The van der Waals surface area contributed by atoms with Crippen LogP contribution in [0, 0.1) is 0 Å². The standard InChI is InChI=1S/C13H17ClN2O2/c14-12-11(6-1-7-15-12)13(18)16-8-2-4-10(16)5-3-9-17/h1,6-7,10,17H,2-5,8-9H2. The monoisotopic (exact) mass is 268 g/mol. The molecule has 1 unspecified atom stereocenters. The first-order chi connectivity index (χ1) is 8.74. The van der Waals surface area contributed by atoms with Crippen LogP contribution < -0.4 is 0 Å². The maximum Gasteiger partial charge on any atom is 0.257 e. The number of aliphatic hydroxyl groups excluding tert-OH is 1. The molecule has 0 bridgehead atoms. The zero-order chi connectivity index (χ0) is 13.0. The Bertz CT molecular complexity index is 425. The van der Waals surface area contributed by atoms with Gasteiger partial charge in [0.25, 0.3) is 5.91 Å². The first-order valence-corrected chi connectivity index (χ1v) is 6.64. The van der Waals surface area contributed by atoms with E-state index in [1.807, 2.05) is 4.90 Å². The Labute approximate surface area is 112 Å². The number of hydrogen-bond donors (Lipinski definition) is 1. The summed E-state index contributed by atoms with van der Waals surface area (Å²) in [4.78, 5) is 18.2. The third-order valence-electron chi connectivity index (χ3n) is 3.32. The molecule has 98 valence electrons. The number of nitrogens with zero attached hydrogens (tertiary/aromatic N) is 2. The average Bonchev–Trinajstić information content (AvgIpc) is 2.84. The van der Waals surface area contributed by atoms with Crippen molar-refractivity contribution < 1.29 is 9.90 Å². The summed E-state index contributed by atoms with van der Waals surface area (Å²) in [6.45, 7) is 0.937. The van der Waals surface area contributed by atoms with Crippen molar-refractivity contribution in [2.24, 2.45) is 0 Å². The van der Waals surface area contributed by atoms with Crippen LogP contribution in [0.4, 0.5) is 0 Å². The summed E-state index contributed by atoms with van der Waals surface area (Å²) >= 11 is 5.95. The van der Waals surface area contributed by atoms with E-state index in [0.717, 1.165) is 32.2 Å². The third kappa shape index (κ3) is 2.82. The van der Waals surface area contributed by atoms with Crippen molar-refractivity contribution in [3.05, 3.63) is 29.0 Å². The van der Waals surface area contributed by atoms with Crippen molar-refractivity contribution in [1.29, 1.82) is 0 Å². The van der Waals surface area contributed by atoms with Gasteiger partial charge in [-0.15, -0.1) is 0 Å². The molecule has 1 amide bonds. The summed E-state index contributed by atoms with van der Waals surface area (Å²) in [6.07, 6.45) is 5.17. The van der Waals surface area contributed by atoms with Crippen molar-refractivity contribution in [3.63, 3.8) is 0 Å². The van der Waals surface area contributed by atoms with Crippen molar-refractivity contribution in [1.82, 2.24) is 9.88 Å². The van der Waals surface area contributed by atoms with E-state index >= 15 is 0 Å². The molecule has 1 atom stereocenters. The van der Waals surface area contributed by atoms with Gasteiger partial charge in [-0.05, 0) is 37.8 Å². The molecule has 1 saturated heterocycles. The van der Waals surface area contributed by atoms with E-state index in [1.165, 1.54) is 0 Å². The number of hydrogen-bond acceptors (Lipinski definition) is 3. The highest BCUT2D eigenvalue weighted by molar-refractivity contribution is 6.32. The molecule has 1 aromatic rings. The summed E-state index contributed by atoms with van der Waals surface area (Å²) in [6, 6.07) is 3.65. The van der Waals surface area contributed by atoms with Crippen LogP contribution in [0.25, 0.3) is 0 Å². The van der Waals surface area contributed by atoms with Crippen LogP contribution in [0.1, 0.15) is 36.0 Å². The Balaban J connectivity index is 2.10. The van der Waals surface area contributed by atoms with Crippen LogP contribution in [0.15, 0.2) is 18.3 Å². The summed E-state index contributed by atoms with van der Waals surface area (Å²) in [5, 5.41) is 9.14. The maximum atomic E-state index is 12.4. The van der Waals surface area contributed by atoms with E-state index in [2.05, 4.69) is 4.98 Å². The summed E-state index contributed by atoms with van der Waals surface area (Å²) in [5.74, 6) is -0.0476. The molecule has 1 aliphatic rings. The normalized spacial score (nSPS) is 19.2. The topological polar surface area (TPSA) is 53.4 Å². The van der Waals surface area contributed by atoms with Crippen molar-refractivity contribution >= 4 is 17.5 Å². The zero-order valence-corrected chi connectivity index (χ0v) is 10.9. The molecule has 0 spiro atoms. The first kappa shape index (κ1) is 13.3. The number of pyridine rings is 1. The van der Waals surface area contributed by atoms with Gasteiger partial charge in [0, 0.05) is 25.4 Å². The minimum Gasteiger partial charge on any atom is -0.396 e. The molecule has 1 N–H and O–H groups in total. The SMILES string of the molecule is O=C(c1cccnc1Cl)N1CCCC1CCCO. The molecular formula is C13H17ClN2O2. The van der Waals surface area contributed by atoms with E-state index < -0.39 is 0 Å². The molecule has 1 aliphatic heterocycles. The van der Waals surface area contributed by atoms with E-state index in [-0.39, 0.29) is 23.7 Å². The number of amides is 1. The second-order valence-corrected chi connectivity index (χ2v) is 4.86. The number of aromatic nitrogens is 1.